The first-order chi connectivity index (χ1) is 9.15. The van der Waals surface area contributed by atoms with Crippen LogP contribution in [0.4, 0.5) is 0 Å². The van der Waals surface area contributed by atoms with Gasteiger partial charge in [0.1, 0.15) is 5.75 Å². The van der Waals surface area contributed by atoms with E-state index in [-0.39, 0.29) is 11.6 Å². The van der Waals surface area contributed by atoms with Crippen LogP contribution in [0.3, 0.4) is 0 Å². The Kier molecular flexibility index (Phi) is 2.56. The van der Waals surface area contributed by atoms with E-state index in [9.17, 15) is 5.11 Å². The van der Waals surface area contributed by atoms with E-state index in [1.807, 2.05) is 0 Å². The van der Waals surface area contributed by atoms with Gasteiger partial charge in [0.05, 0.1) is 11.3 Å². The lowest BCUT2D eigenvalue weighted by atomic mass is 10.2. The second kappa shape index (κ2) is 4.24. The Labute approximate surface area is 108 Å². The van der Waals surface area contributed by atoms with Gasteiger partial charge in [-0.05, 0) is 19.1 Å². The molecule has 0 atom stereocenters. The summed E-state index contributed by atoms with van der Waals surface area (Å²) in [5, 5.41) is 17.4. The van der Waals surface area contributed by atoms with Gasteiger partial charge in [-0.3, -0.25) is 0 Å². The van der Waals surface area contributed by atoms with Gasteiger partial charge in [0.25, 0.3) is 5.89 Å². The number of aromatic hydroxyl groups is 1. The summed E-state index contributed by atoms with van der Waals surface area (Å²) in [5.41, 5.74) is 1.15. The maximum Gasteiger partial charge on any atom is 0.285 e. The van der Waals surface area contributed by atoms with E-state index in [2.05, 4.69) is 15.2 Å². The number of benzene rings is 1. The summed E-state index contributed by atoms with van der Waals surface area (Å²) < 4.78 is 10.9. The fourth-order valence-electron chi connectivity index (χ4n) is 1.75. The van der Waals surface area contributed by atoms with Crippen LogP contribution in [0.25, 0.3) is 23.1 Å². The molecule has 0 fully saturated rings. The molecule has 0 saturated carbocycles. The number of hydrogen-bond acceptors (Lipinski definition) is 6. The number of aromatic nitrogens is 3. The summed E-state index contributed by atoms with van der Waals surface area (Å²) in [5.74, 6) is 1.58. The van der Waals surface area contributed by atoms with Crippen LogP contribution in [0, 0.1) is 13.8 Å². The SMILES string of the molecule is Cc1nnc(-c2oc(-c3ccccc3O)nc2C)o1. The predicted octanol–water partition coefficient (Wildman–Crippen LogP) is 2.71. The highest BCUT2D eigenvalue weighted by molar-refractivity contribution is 5.64. The molecule has 1 N–H and O–H groups in total. The summed E-state index contributed by atoms with van der Waals surface area (Å²) in [6.45, 7) is 3.48. The van der Waals surface area contributed by atoms with E-state index in [1.54, 1.807) is 38.1 Å². The Morgan fingerprint density at radius 3 is 2.47 bits per heavy atom. The van der Waals surface area contributed by atoms with Crippen LogP contribution < -0.4 is 0 Å². The average Bonchev–Trinajstić information content (AvgIpc) is 2.96. The lowest BCUT2D eigenvalue weighted by molar-refractivity contribution is 0.470. The van der Waals surface area contributed by atoms with Gasteiger partial charge in [-0.25, -0.2) is 4.98 Å². The average molecular weight is 257 g/mol. The van der Waals surface area contributed by atoms with Gasteiger partial charge >= 0.3 is 0 Å². The van der Waals surface area contributed by atoms with Crippen molar-refractivity contribution in [3.8, 4) is 28.9 Å². The molecule has 0 aliphatic carbocycles. The van der Waals surface area contributed by atoms with Crippen LogP contribution in [0.15, 0.2) is 33.1 Å². The van der Waals surface area contributed by atoms with Crippen molar-refractivity contribution in [2.24, 2.45) is 0 Å². The number of phenolic OH excluding ortho intramolecular Hbond substituents is 1. The smallest absolute Gasteiger partial charge is 0.285 e. The molecule has 6 heteroatoms. The van der Waals surface area contributed by atoms with Crippen LogP contribution in [0.1, 0.15) is 11.6 Å². The molecule has 0 radical (unpaired) electrons. The molecule has 0 spiro atoms. The van der Waals surface area contributed by atoms with Crippen LogP contribution in [0.5, 0.6) is 5.75 Å². The zero-order valence-electron chi connectivity index (χ0n) is 10.4. The molecule has 6 nitrogen and oxygen atoms in total. The predicted molar refractivity (Wildman–Crippen MR) is 66.4 cm³/mol. The summed E-state index contributed by atoms with van der Waals surface area (Å²) in [6.07, 6.45) is 0. The Morgan fingerprint density at radius 1 is 1.00 bits per heavy atom. The fourth-order valence-corrected chi connectivity index (χ4v) is 1.75. The molecule has 2 heterocycles. The van der Waals surface area contributed by atoms with Gasteiger partial charge in [-0.15, -0.1) is 10.2 Å². The third kappa shape index (κ3) is 1.97. The Hall–Kier alpha value is -2.63. The van der Waals surface area contributed by atoms with Crippen molar-refractivity contribution in [1.29, 1.82) is 0 Å². The molecule has 0 aliphatic rings. The minimum atomic E-state index is 0.108. The van der Waals surface area contributed by atoms with Gasteiger partial charge in [-0.1, -0.05) is 12.1 Å². The molecule has 3 aromatic rings. The molecule has 1 aromatic carbocycles. The van der Waals surface area contributed by atoms with Crippen molar-refractivity contribution in [2.45, 2.75) is 13.8 Å². The zero-order chi connectivity index (χ0) is 13.4. The molecular formula is C13H11N3O3. The normalized spacial score (nSPS) is 10.8. The van der Waals surface area contributed by atoms with Crippen molar-refractivity contribution in [3.63, 3.8) is 0 Å². The lowest BCUT2D eigenvalue weighted by Gasteiger charge is -1.97. The number of para-hydroxylation sites is 1. The first-order valence-corrected chi connectivity index (χ1v) is 5.71. The van der Waals surface area contributed by atoms with Crippen molar-refractivity contribution < 1.29 is 13.9 Å². The molecule has 96 valence electrons. The Morgan fingerprint density at radius 2 is 1.79 bits per heavy atom. The quantitative estimate of drug-likeness (QED) is 0.759. The molecule has 0 saturated heterocycles. The third-order valence-electron chi connectivity index (χ3n) is 2.65. The van der Waals surface area contributed by atoms with Gasteiger partial charge < -0.3 is 13.9 Å². The van der Waals surface area contributed by atoms with E-state index < -0.39 is 0 Å². The van der Waals surface area contributed by atoms with Crippen molar-refractivity contribution in [2.75, 3.05) is 0 Å². The highest BCUT2D eigenvalue weighted by Crippen LogP contribution is 2.32. The van der Waals surface area contributed by atoms with Gasteiger partial charge in [0.2, 0.25) is 17.5 Å². The van der Waals surface area contributed by atoms with Gasteiger partial charge in [-0.2, -0.15) is 0 Å². The number of aryl methyl sites for hydroxylation is 2. The molecule has 19 heavy (non-hydrogen) atoms. The number of oxazole rings is 1. The van der Waals surface area contributed by atoms with Crippen LogP contribution in [0.2, 0.25) is 0 Å². The minimum absolute atomic E-state index is 0.108. The highest BCUT2D eigenvalue weighted by atomic mass is 16.4. The largest absolute Gasteiger partial charge is 0.507 e. The van der Waals surface area contributed by atoms with Gasteiger partial charge in [0.15, 0.2) is 0 Å². The van der Waals surface area contributed by atoms with Crippen LogP contribution in [-0.4, -0.2) is 20.3 Å². The summed E-state index contributed by atoms with van der Waals surface area (Å²) in [7, 11) is 0. The number of hydrogen-bond donors (Lipinski definition) is 1. The highest BCUT2D eigenvalue weighted by Gasteiger charge is 2.19. The van der Waals surface area contributed by atoms with Gasteiger partial charge in [0, 0.05) is 6.92 Å². The third-order valence-corrected chi connectivity index (χ3v) is 2.65. The van der Waals surface area contributed by atoms with E-state index in [1.165, 1.54) is 0 Å². The monoisotopic (exact) mass is 257 g/mol. The maximum atomic E-state index is 9.79. The Bertz CT molecular complexity index is 730. The molecule has 0 unspecified atom stereocenters. The maximum absolute atomic E-state index is 9.79. The van der Waals surface area contributed by atoms with E-state index in [0.717, 1.165) is 0 Å². The van der Waals surface area contributed by atoms with E-state index >= 15 is 0 Å². The number of rotatable bonds is 2. The molecule has 0 bridgehead atoms. The number of nitrogens with zero attached hydrogens (tertiary/aromatic N) is 3. The number of phenols is 1. The van der Waals surface area contributed by atoms with E-state index in [0.29, 0.717) is 28.8 Å². The van der Waals surface area contributed by atoms with Crippen molar-refractivity contribution in [1.82, 2.24) is 15.2 Å². The molecule has 0 amide bonds. The zero-order valence-corrected chi connectivity index (χ0v) is 10.4. The standard InChI is InChI=1S/C13H11N3O3/c1-7-11(13-16-15-8(2)18-13)19-12(14-7)9-5-3-4-6-10(9)17/h3-6,17H,1-2H3. The topological polar surface area (TPSA) is 85.2 Å². The second-order valence-electron chi connectivity index (χ2n) is 4.08. The summed E-state index contributed by atoms with van der Waals surface area (Å²) in [6, 6.07) is 6.83. The Balaban J connectivity index is 2.10. The van der Waals surface area contributed by atoms with Crippen molar-refractivity contribution in [3.05, 3.63) is 35.9 Å². The summed E-state index contributed by atoms with van der Waals surface area (Å²) >= 11 is 0. The first-order valence-electron chi connectivity index (χ1n) is 5.71. The first kappa shape index (κ1) is 11.5. The van der Waals surface area contributed by atoms with E-state index in [4.69, 9.17) is 8.83 Å². The molecule has 3 rings (SSSR count). The second-order valence-corrected chi connectivity index (χ2v) is 4.08. The van der Waals surface area contributed by atoms with Crippen molar-refractivity contribution >= 4 is 0 Å². The van der Waals surface area contributed by atoms with Crippen LogP contribution in [-0.2, 0) is 0 Å². The molecular weight excluding hydrogens is 246 g/mol. The minimum Gasteiger partial charge on any atom is -0.507 e. The molecule has 2 aromatic heterocycles. The summed E-state index contributed by atoms with van der Waals surface area (Å²) in [4.78, 5) is 4.27. The fraction of sp³-hybridized carbons (Fsp3) is 0.154. The molecule has 0 aliphatic heterocycles. The lowest BCUT2D eigenvalue weighted by Crippen LogP contribution is -1.79. The van der Waals surface area contributed by atoms with Crippen LogP contribution >= 0.6 is 0 Å².